The van der Waals surface area contributed by atoms with Crippen LogP contribution in [0.1, 0.15) is 22.7 Å². The second kappa shape index (κ2) is 9.11. The number of carboxylic acids is 1. The minimum absolute atomic E-state index is 0.0368. The van der Waals surface area contributed by atoms with Crippen LogP contribution in [0.15, 0.2) is 74.6 Å². The lowest BCUT2D eigenvalue weighted by molar-refractivity contribution is -0.136. The normalized spacial score (nSPS) is 15.3. The van der Waals surface area contributed by atoms with Crippen molar-refractivity contribution >= 4 is 43.7 Å². The molecule has 1 atom stereocenters. The van der Waals surface area contributed by atoms with E-state index in [2.05, 4.69) is 36.9 Å². The Morgan fingerprint density at radius 1 is 1.10 bits per heavy atom. The van der Waals surface area contributed by atoms with Gasteiger partial charge in [0.05, 0.1) is 20.9 Å². The molecule has 6 nitrogen and oxygen atoms in total. The molecule has 8 heteroatoms. The van der Waals surface area contributed by atoms with E-state index in [1.54, 1.807) is 24.3 Å². The van der Waals surface area contributed by atoms with Gasteiger partial charge in [0.2, 0.25) is 5.90 Å². The van der Waals surface area contributed by atoms with Gasteiger partial charge in [-0.1, -0.05) is 30.3 Å². The van der Waals surface area contributed by atoms with Crippen molar-refractivity contribution in [2.75, 3.05) is 6.61 Å². The van der Waals surface area contributed by atoms with E-state index < -0.39 is 5.97 Å². The fourth-order valence-electron chi connectivity index (χ4n) is 3.22. The molecule has 1 heterocycles. The van der Waals surface area contributed by atoms with Crippen LogP contribution in [-0.4, -0.2) is 28.7 Å². The standard InChI is InChI=1S/C23H17Br2NO5/c24-17-8-13(10-21(28)29)9-18(25)22(17)31-15-6-7-20(27)16(11-15)23-26-19(12-30-23)14-4-2-1-3-5-14/h1-9,11,19,27H,10,12H2,(H,28,29)/t19-/m1/s1. The highest BCUT2D eigenvalue weighted by Crippen LogP contribution is 2.39. The number of aliphatic carboxylic acids is 1. The summed E-state index contributed by atoms with van der Waals surface area (Å²) in [5, 5.41) is 19.4. The Kier molecular flexibility index (Phi) is 6.29. The summed E-state index contributed by atoms with van der Waals surface area (Å²) in [6, 6.07) is 17.9. The molecule has 0 fully saturated rings. The number of benzene rings is 3. The number of hydrogen-bond donors (Lipinski definition) is 2. The van der Waals surface area contributed by atoms with Crippen molar-refractivity contribution in [3.05, 3.63) is 86.3 Å². The lowest BCUT2D eigenvalue weighted by Gasteiger charge is -2.13. The Morgan fingerprint density at radius 3 is 2.48 bits per heavy atom. The second-order valence-corrected chi connectivity index (χ2v) is 8.62. The van der Waals surface area contributed by atoms with E-state index in [1.807, 2.05) is 30.3 Å². The van der Waals surface area contributed by atoms with E-state index >= 15 is 0 Å². The zero-order valence-corrected chi connectivity index (χ0v) is 19.3. The number of phenolic OH excluding ortho intramolecular Hbond substituents is 1. The number of phenols is 1. The van der Waals surface area contributed by atoms with E-state index in [4.69, 9.17) is 14.6 Å². The zero-order valence-electron chi connectivity index (χ0n) is 16.1. The average molecular weight is 547 g/mol. The molecule has 0 saturated heterocycles. The maximum absolute atomic E-state index is 11.0. The van der Waals surface area contributed by atoms with Gasteiger partial charge in [-0.3, -0.25) is 4.79 Å². The van der Waals surface area contributed by atoms with Gasteiger partial charge in [-0.15, -0.1) is 0 Å². The molecular weight excluding hydrogens is 530 g/mol. The van der Waals surface area contributed by atoms with Gasteiger partial charge in [0.15, 0.2) is 5.75 Å². The van der Waals surface area contributed by atoms with Crippen molar-refractivity contribution in [1.82, 2.24) is 0 Å². The molecule has 4 rings (SSSR count). The minimum Gasteiger partial charge on any atom is -0.507 e. The molecule has 158 valence electrons. The summed E-state index contributed by atoms with van der Waals surface area (Å²) >= 11 is 6.87. The first-order valence-corrected chi connectivity index (χ1v) is 11.0. The Bertz CT molecular complexity index is 1140. The van der Waals surface area contributed by atoms with E-state index in [9.17, 15) is 9.90 Å². The lowest BCUT2D eigenvalue weighted by atomic mass is 10.1. The van der Waals surface area contributed by atoms with Gasteiger partial charge in [-0.25, -0.2) is 4.99 Å². The van der Waals surface area contributed by atoms with Gasteiger partial charge in [0.25, 0.3) is 0 Å². The zero-order chi connectivity index (χ0) is 22.0. The van der Waals surface area contributed by atoms with Gasteiger partial charge in [-0.05, 0) is 73.3 Å². The summed E-state index contributed by atoms with van der Waals surface area (Å²) in [5.41, 5.74) is 2.11. The van der Waals surface area contributed by atoms with Gasteiger partial charge in [0, 0.05) is 0 Å². The summed E-state index contributed by atoms with van der Waals surface area (Å²) < 4.78 is 13.0. The fraction of sp³-hybridized carbons (Fsp3) is 0.130. The molecule has 3 aromatic rings. The highest BCUT2D eigenvalue weighted by atomic mass is 79.9. The third-order valence-electron chi connectivity index (χ3n) is 4.67. The van der Waals surface area contributed by atoms with Crippen molar-refractivity contribution in [2.24, 2.45) is 4.99 Å². The second-order valence-electron chi connectivity index (χ2n) is 6.91. The largest absolute Gasteiger partial charge is 0.507 e. The SMILES string of the molecule is O=C(O)Cc1cc(Br)c(Oc2ccc(O)c(C3=N[C@@H](c4ccccc4)CO3)c2)c(Br)c1. The Morgan fingerprint density at radius 2 is 1.81 bits per heavy atom. The molecule has 0 amide bonds. The van der Waals surface area contributed by atoms with Crippen molar-refractivity contribution in [2.45, 2.75) is 12.5 Å². The number of rotatable bonds is 6. The van der Waals surface area contributed by atoms with Gasteiger partial charge in [-0.2, -0.15) is 0 Å². The monoisotopic (exact) mass is 545 g/mol. The number of aliphatic imine (C=N–C) groups is 1. The maximum Gasteiger partial charge on any atom is 0.307 e. The fourth-order valence-corrected chi connectivity index (χ4v) is 4.66. The summed E-state index contributed by atoms with van der Waals surface area (Å²) in [4.78, 5) is 15.6. The molecule has 0 saturated carbocycles. The number of aromatic hydroxyl groups is 1. The number of carbonyl (C=O) groups is 1. The number of ether oxygens (including phenoxy) is 2. The minimum atomic E-state index is -0.915. The van der Waals surface area contributed by atoms with E-state index in [1.165, 1.54) is 6.07 Å². The Hall–Kier alpha value is -2.84. The molecule has 1 aliphatic rings. The van der Waals surface area contributed by atoms with Gasteiger partial charge >= 0.3 is 5.97 Å². The molecule has 0 bridgehead atoms. The third kappa shape index (κ3) is 4.91. The molecule has 0 spiro atoms. The van der Waals surface area contributed by atoms with E-state index in [0.29, 0.717) is 44.1 Å². The molecule has 0 radical (unpaired) electrons. The van der Waals surface area contributed by atoms with Gasteiger partial charge < -0.3 is 19.7 Å². The van der Waals surface area contributed by atoms with E-state index in [-0.39, 0.29) is 18.2 Å². The van der Waals surface area contributed by atoms with Crippen LogP contribution in [0, 0.1) is 0 Å². The molecular formula is C23H17Br2NO5. The molecule has 0 aliphatic carbocycles. The number of carboxylic acid groups (broad SMARTS) is 1. The molecule has 0 unspecified atom stereocenters. The summed E-state index contributed by atoms with van der Waals surface area (Å²) in [5.74, 6) is 0.431. The highest BCUT2D eigenvalue weighted by molar-refractivity contribution is 9.11. The lowest BCUT2D eigenvalue weighted by Crippen LogP contribution is -2.02. The number of hydrogen-bond acceptors (Lipinski definition) is 5. The number of halogens is 2. The summed E-state index contributed by atoms with van der Waals surface area (Å²) in [6.07, 6.45) is -0.0966. The smallest absolute Gasteiger partial charge is 0.307 e. The molecule has 1 aliphatic heterocycles. The average Bonchev–Trinajstić information content (AvgIpc) is 3.22. The van der Waals surface area contributed by atoms with Crippen LogP contribution < -0.4 is 4.74 Å². The highest BCUT2D eigenvalue weighted by Gasteiger charge is 2.24. The Balaban J connectivity index is 1.60. The van der Waals surface area contributed by atoms with Crippen LogP contribution >= 0.6 is 31.9 Å². The van der Waals surface area contributed by atoms with Crippen LogP contribution in [0.3, 0.4) is 0 Å². The van der Waals surface area contributed by atoms with Crippen molar-refractivity contribution in [1.29, 1.82) is 0 Å². The third-order valence-corrected chi connectivity index (χ3v) is 5.85. The molecule has 31 heavy (non-hydrogen) atoms. The van der Waals surface area contributed by atoms with Crippen molar-refractivity contribution in [3.8, 4) is 17.2 Å². The molecule has 0 aromatic heterocycles. The van der Waals surface area contributed by atoms with Crippen LogP contribution in [0.25, 0.3) is 0 Å². The quantitative estimate of drug-likeness (QED) is 0.404. The van der Waals surface area contributed by atoms with Gasteiger partial charge in [0.1, 0.15) is 24.1 Å². The Labute approximate surface area is 195 Å². The van der Waals surface area contributed by atoms with Crippen LogP contribution in [0.5, 0.6) is 17.2 Å². The maximum atomic E-state index is 11.0. The van der Waals surface area contributed by atoms with Crippen molar-refractivity contribution in [3.63, 3.8) is 0 Å². The first-order valence-electron chi connectivity index (χ1n) is 9.37. The van der Waals surface area contributed by atoms with Crippen molar-refractivity contribution < 1.29 is 24.5 Å². The predicted molar refractivity (Wildman–Crippen MR) is 123 cm³/mol. The van der Waals surface area contributed by atoms with Crippen LogP contribution in [0.2, 0.25) is 0 Å². The first kappa shape index (κ1) is 21.4. The summed E-state index contributed by atoms with van der Waals surface area (Å²) in [7, 11) is 0. The van der Waals surface area contributed by atoms with Crippen LogP contribution in [0.4, 0.5) is 0 Å². The van der Waals surface area contributed by atoms with E-state index in [0.717, 1.165) is 5.56 Å². The van der Waals surface area contributed by atoms with Crippen LogP contribution in [-0.2, 0) is 16.0 Å². The summed E-state index contributed by atoms with van der Waals surface area (Å²) in [6.45, 7) is 0.395. The molecule has 2 N–H and O–H groups in total. The number of nitrogens with zero attached hydrogens (tertiary/aromatic N) is 1. The predicted octanol–water partition coefficient (Wildman–Crippen LogP) is 5.85. The first-order chi connectivity index (χ1) is 14.9. The molecule has 3 aromatic carbocycles. The topological polar surface area (TPSA) is 88.4 Å².